The average molecular weight is 1450 g/mol. The molecule has 0 radical (unpaired) electrons. The number of aromatic nitrogens is 5. The first-order valence-electron chi connectivity index (χ1n) is 33.2. The minimum Gasteiger partial charge on any atom is -0.481 e. The van der Waals surface area contributed by atoms with Crippen LogP contribution in [-0.2, 0) is 82.0 Å². The van der Waals surface area contributed by atoms with E-state index in [1.54, 1.807) is 56.3 Å². The maximum Gasteiger partial charge on any atom is 0.362 e. The molecule has 15 N–H and O–H groups in total. The second-order valence-corrected chi connectivity index (χ2v) is 27.8. The van der Waals surface area contributed by atoms with E-state index in [-0.39, 0.29) is 74.1 Å². The third-order valence-electron chi connectivity index (χ3n) is 16.8. The van der Waals surface area contributed by atoms with Crippen molar-refractivity contribution in [3.05, 3.63) is 101 Å². The van der Waals surface area contributed by atoms with E-state index in [4.69, 9.17) is 20.6 Å². The van der Waals surface area contributed by atoms with E-state index in [1.807, 2.05) is 26.0 Å². The van der Waals surface area contributed by atoms with Crippen LogP contribution in [-0.4, -0.2) is 230 Å². The molecule has 0 saturated carbocycles. The Morgan fingerprint density at radius 1 is 0.832 bits per heavy atom. The topological polar surface area (TPSA) is 507 Å². The lowest BCUT2D eigenvalue weighted by atomic mass is 9.97. The molecule has 5 aromatic rings. The number of hydrogen-bond acceptors (Lipinski definition) is 23. The summed E-state index contributed by atoms with van der Waals surface area (Å²) in [7, 11) is -3.73. The number of H-pyrrole nitrogens is 1. The minimum absolute atomic E-state index is 0.0173. The third-order valence-corrected chi connectivity index (χ3v) is 19.7. The molecule has 34 nitrogen and oxygen atoms in total. The molecule has 3 aromatic heterocycles. The molecule has 1 fully saturated rings. The first kappa shape index (κ1) is 80.6. The number of aliphatic hydroxyl groups is 1. The molecule has 0 bridgehead atoms. The van der Waals surface area contributed by atoms with Crippen LogP contribution < -0.4 is 59.2 Å². The number of nitrogens with zero attached hydrogens (tertiary/aromatic N) is 6. The maximum atomic E-state index is 14.9. The van der Waals surface area contributed by atoms with Gasteiger partial charge in [0.05, 0.1) is 62.4 Å². The number of nitrogens with two attached hydrogens (primary N) is 2. The molecule has 1 aliphatic heterocycles. The number of rotatable bonds is 43. The highest BCUT2D eigenvalue weighted by Gasteiger charge is 2.42. The number of aliphatic carboxylic acids is 2. The molecule has 10 atom stereocenters. The van der Waals surface area contributed by atoms with Crippen molar-refractivity contribution in [2.24, 2.45) is 17.4 Å². The first-order valence-corrected chi connectivity index (χ1v) is 36.2. The fourth-order valence-electron chi connectivity index (χ4n) is 10.9. The Morgan fingerprint density at radius 3 is 2.20 bits per heavy atom. The first-order chi connectivity index (χ1) is 48.1. The number of fused-ring (bicyclic) bond motifs is 1. The number of aliphatic hydroxyl groups excluding tert-OH is 1. The van der Waals surface area contributed by atoms with Crippen molar-refractivity contribution >= 4 is 97.5 Å². The van der Waals surface area contributed by atoms with Gasteiger partial charge in [-0.1, -0.05) is 62.2 Å². The Morgan fingerprint density at radius 2 is 1.53 bits per heavy atom. The highest BCUT2D eigenvalue weighted by atomic mass is 32.2. The Kier molecular flexibility index (Phi) is 31.6. The van der Waals surface area contributed by atoms with Crippen molar-refractivity contribution in [3.63, 3.8) is 0 Å². The zero-order valence-corrected chi connectivity index (χ0v) is 58.6. The van der Waals surface area contributed by atoms with Crippen LogP contribution in [0, 0.1) is 5.92 Å². The van der Waals surface area contributed by atoms with Crippen molar-refractivity contribution in [1.29, 1.82) is 0 Å². The number of benzene rings is 2. The molecule has 4 heterocycles. The van der Waals surface area contributed by atoms with E-state index in [0.29, 0.717) is 60.1 Å². The molecule has 0 unspecified atom stereocenters. The highest BCUT2D eigenvalue weighted by molar-refractivity contribution is 8.00. The number of carboxylic acid groups (broad SMARTS) is 2. The van der Waals surface area contributed by atoms with E-state index < -0.39 is 148 Å². The lowest BCUT2D eigenvalue weighted by Gasteiger charge is -2.32. The molecule has 1 aliphatic rings. The van der Waals surface area contributed by atoms with Crippen molar-refractivity contribution in [2.75, 3.05) is 67.2 Å². The molecule has 36 heteroatoms. The Labute approximate surface area is 587 Å². The van der Waals surface area contributed by atoms with Gasteiger partial charge >= 0.3 is 17.6 Å². The van der Waals surface area contributed by atoms with Gasteiger partial charge in [0.15, 0.2) is 15.5 Å². The SMILES string of the molecule is CC[C@H](C)[C@H](NC(=O)[C@@H]1CCCN1C(=O)[C@H](Cc1ccccc1)NC(=O)[C@H](Cc1cnc[nH]1)NC(=O)[C@@H](NC(=O)[C@H](CC(=O)O)NC(=O)CNC(=O)[C@@H](N)CCCCN)[C@@H](C)O)C(=O)N[C@@H](CSCCS(=O)(=O)CCOCc1cn(-c2cc3ccc(N(CC)CC)cc3oc2=O)nn1)C(=O)O. The number of thioether (sulfide) groups is 1. The van der Waals surface area contributed by atoms with Gasteiger partial charge < -0.3 is 87.9 Å². The second kappa shape index (κ2) is 39.6. The Bertz CT molecular complexity index is 3800. The largest absolute Gasteiger partial charge is 0.481 e. The van der Waals surface area contributed by atoms with Gasteiger partial charge in [-0.3, -0.25) is 43.2 Å². The summed E-state index contributed by atoms with van der Waals surface area (Å²) in [5, 5.41) is 56.6. The number of ether oxygens (including phenoxy) is 1. The van der Waals surface area contributed by atoms with Gasteiger partial charge in [-0.15, -0.1) is 5.10 Å². The van der Waals surface area contributed by atoms with Crippen LogP contribution in [0.4, 0.5) is 5.69 Å². The van der Waals surface area contributed by atoms with Crippen molar-refractivity contribution in [3.8, 4) is 5.69 Å². The third kappa shape index (κ3) is 24.7. The van der Waals surface area contributed by atoms with Gasteiger partial charge in [-0.05, 0) is 82.7 Å². The van der Waals surface area contributed by atoms with Gasteiger partial charge in [0.1, 0.15) is 53.6 Å². The standard InChI is InChI=1S/C65H92N16O18S2/c1-6-38(4)55(61(90)74-49(64(93)94)36-100-24-26-101(96,97)25-23-98-35-43-34-81(78-77-43)51-28-41-19-20-44(79(7-2)8-3)30-52(41)99-65(51)95)75-60(89)50-18-14-22-80(50)63(92)48(27-40-15-10-9-11-16-40)73-58(87)46(29-42-32-68-37-70-42)72-62(91)56(39(5)82)76-59(88)47(31-54(84)85)71-53(83)33-69-57(86)45(67)17-12-13-21-66/h9-11,15-16,19-20,28,30,32,34,37-39,45-50,55-56,82H,6-8,12-14,17-18,21-27,29,31,33,35-36,66-67H2,1-5H3,(H,68,70)(H,69,86)(H,71,83)(H,72,91)(H,73,87)(H,74,90)(H,75,89)(H,76,88)(H,84,85)(H,93,94)/t38-,39+,45-,46-,47-,48-,49-,50-,55-,56-/m0/s1. The number of amides is 8. The predicted molar refractivity (Wildman–Crippen MR) is 370 cm³/mol. The van der Waals surface area contributed by atoms with Crippen LogP contribution in [0.2, 0.25) is 0 Å². The van der Waals surface area contributed by atoms with E-state index in [1.165, 1.54) is 28.3 Å². The molecule has 101 heavy (non-hydrogen) atoms. The van der Waals surface area contributed by atoms with Gasteiger partial charge in [0.25, 0.3) is 0 Å². The summed E-state index contributed by atoms with van der Waals surface area (Å²) in [6.07, 6.45) is 3.08. The van der Waals surface area contributed by atoms with Crippen LogP contribution in [0.25, 0.3) is 16.7 Å². The summed E-state index contributed by atoms with van der Waals surface area (Å²) in [6, 6.07) is 3.89. The lowest BCUT2D eigenvalue weighted by molar-refractivity contribution is -0.144. The van der Waals surface area contributed by atoms with E-state index in [2.05, 4.69) is 62.4 Å². The summed E-state index contributed by atoms with van der Waals surface area (Å²) in [5.41, 5.74) is 13.3. The number of nitrogens with one attached hydrogen (secondary N) is 8. The molecule has 0 spiro atoms. The molecule has 2 aromatic carbocycles. The monoisotopic (exact) mass is 1450 g/mol. The van der Waals surface area contributed by atoms with Crippen molar-refractivity contribution in [2.45, 2.75) is 153 Å². The number of imidazole rings is 1. The van der Waals surface area contributed by atoms with Crippen LogP contribution >= 0.6 is 11.8 Å². The Hall–Kier alpha value is -9.36. The summed E-state index contributed by atoms with van der Waals surface area (Å²) < 4.78 is 38.5. The van der Waals surface area contributed by atoms with Crippen LogP contribution in [0.1, 0.15) is 96.5 Å². The quantitative estimate of drug-likeness (QED) is 0.0157. The molecular weight excluding hydrogens is 1360 g/mol. The normalized spacial score (nSPS) is 15.7. The molecular formula is C65H92N16O18S2. The summed E-state index contributed by atoms with van der Waals surface area (Å²) >= 11 is 0.964. The molecule has 8 amide bonds. The van der Waals surface area contributed by atoms with Crippen LogP contribution in [0.5, 0.6) is 0 Å². The number of aromatic amines is 1. The lowest BCUT2D eigenvalue weighted by Crippen LogP contribution is -2.62. The predicted octanol–water partition coefficient (Wildman–Crippen LogP) is -1.45. The molecule has 0 aliphatic carbocycles. The van der Waals surface area contributed by atoms with Crippen LogP contribution in [0.15, 0.2) is 82.5 Å². The van der Waals surface area contributed by atoms with Gasteiger partial charge in [0, 0.05) is 73.0 Å². The zero-order chi connectivity index (χ0) is 73.9. The summed E-state index contributed by atoms with van der Waals surface area (Å²) in [4.78, 5) is 159. The second-order valence-electron chi connectivity index (χ2n) is 24.4. The number of sulfone groups is 1. The minimum atomic E-state index is -3.73. The summed E-state index contributed by atoms with van der Waals surface area (Å²) in [5.74, 6) is -12.0. The smallest absolute Gasteiger partial charge is 0.362 e. The zero-order valence-electron chi connectivity index (χ0n) is 57.0. The van der Waals surface area contributed by atoms with E-state index in [9.17, 15) is 76.5 Å². The number of hydrogen-bond donors (Lipinski definition) is 13. The fraction of sp³-hybridized carbons (Fsp3) is 0.538. The fourth-order valence-corrected chi connectivity index (χ4v) is 13.6. The van der Waals surface area contributed by atoms with Gasteiger partial charge in [0.2, 0.25) is 47.3 Å². The van der Waals surface area contributed by atoms with Crippen molar-refractivity contribution < 1.29 is 80.8 Å². The number of likely N-dealkylation sites (tertiary alicyclic amines) is 1. The van der Waals surface area contributed by atoms with Crippen molar-refractivity contribution in [1.82, 2.24) is 67.1 Å². The number of anilines is 1. The van der Waals surface area contributed by atoms with Gasteiger partial charge in [-0.2, -0.15) is 11.8 Å². The molecule has 6 rings (SSSR count). The van der Waals surface area contributed by atoms with Crippen LogP contribution in [0.3, 0.4) is 0 Å². The Balaban J connectivity index is 1.05. The average Bonchev–Trinajstić information content (AvgIpc) is 1.78. The number of carbonyl (C=O) groups is 10. The maximum absolute atomic E-state index is 14.9. The molecule has 1 saturated heterocycles. The molecule has 552 valence electrons. The van der Waals surface area contributed by atoms with E-state index in [0.717, 1.165) is 37.5 Å². The number of carboxylic acids is 2. The highest BCUT2D eigenvalue weighted by Crippen LogP contribution is 2.24. The summed E-state index contributed by atoms with van der Waals surface area (Å²) in [6.45, 7) is 9.47. The number of carbonyl (C=O) groups excluding carboxylic acids is 8. The number of unbranched alkanes of at least 4 members (excludes halogenated alkanes) is 1. The van der Waals surface area contributed by atoms with Gasteiger partial charge in [-0.25, -0.2) is 27.7 Å². The van der Waals surface area contributed by atoms with E-state index >= 15 is 0 Å².